The summed E-state index contributed by atoms with van der Waals surface area (Å²) in [7, 11) is 1.58. The highest BCUT2D eigenvalue weighted by molar-refractivity contribution is 7.18. The number of aromatic carboxylic acids is 1. The Kier molecular flexibility index (Phi) is 3.49. The molecule has 6 nitrogen and oxygen atoms in total. The zero-order valence-electron chi connectivity index (χ0n) is 11.1. The monoisotopic (exact) mass is 304 g/mol. The van der Waals surface area contributed by atoms with Crippen molar-refractivity contribution in [2.75, 3.05) is 7.11 Å². The summed E-state index contributed by atoms with van der Waals surface area (Å²) in [6.45, 7) is 0.144. The molecule has 7 heteroatoms. The Morgan fingerprint density at radius 1 is 1.43 bits per heavy atom. The molecule has 0 fully saturated rings. The molecular formula is C14H12N2O4S. The van der Waals surface area contributed by atoms with Crippen LogP contribution in [0.2, 0.25) is 0 Å². The predicted octanol–water partition coefficient (Wildman–Crippen LogP) is 2.68. The highest BCUT2D eigenvalue weighted by Gasteiger charge is 2.18. The third-order valence-corrected chi connectivity index (χ3v) is 4.06. The Hall–Kier alpha value is -2.54. The Labute approximate surface area is 124 Å². The average Bonchev–Trinajstić information content (AvgIpc) is 3.06. The van der Waals surface area contributed by atoms with E-state index in [1.165, 1.54) is 0 Å². The number of hydrogen-bond donors (Lipinski definition) is 1. The van der Waals surface area contributed by atoms with Crippen molar-refractivity contribution in [2.45, 2.75) is 6.61 Å². The molecule has 0 atom stereocenters. The molecule has 0 radical (unpaired) electrons. The molecule has 0 spiro atoms. The van der Waals surface area contributed by atoms with Gasteiger partial charge in [0.2, 0.25) is 0 Å². The fraction of sp³-hybridized carbons (Fsp3) is 0.143. The molecule has 3 rings (SSSR count). The van der Waals surface area contributed by atoms with E-state index in [1.54, 1.807) is 36.0 Å². The van der Waals surface area contributed by atoms with Crippen molar-refractivity contribution in [2.24, 2.45) is 0 Å². The van der Waals surface area contributed by atoms with Gasteiger partial charge in [0.05, 0.1) is 12.8 Å². The van der Waals surface area contributed by atoms with Crippen molar-refractivity contribution in [3.63, 3.8) is 0 Å². The summed E-state index contributed by atoms with van der Waals surface area (Å²) >= 11 is 1.13. The lowest BCUT2D eigenvalue weighted by molar-refractivity contribution is 0.0698. The van der Waals surface area contributed by atoms with Gasteiger partial charge >= 0.3 is 5.97 Å². The topological polar surface area (TPSA) is 73.1 Å². The van der Waals surface area contributed by atoms with Gasteiger partial charge in [-0.25, -0.2) is 9.78 Å². The van der Waals surface area contributed by atoms with Crippen LogP contribution < -0.4 is 9.47 Å². The molecule has 2 heterocycles. The third-order valence-electron chi connectivity index (χ3n) is 2.96. The second-order valence-corrected chi connectivity index (χ2v) is 5.21. The summed E-state index contributed by atoms with van der Waals surface area (Å²) in [5, 5.41) is 9.26. The summed E-state index contributed by atoms with van der Waals surface area (Å²) in [6.07, 6.45) is 3.36. The van der Waals surface area contributed by atoms with Gasteiger partial charge in [-0.1, -0.05) is 17.4 Å². The van der Waals surface area contributed by atoms with Gasteiger partial charge in [-0.3, -0.25) is 4.40 Å². The Morgan fingerprint density at radius 2 is 2.24 bits per heavy atom. The first-order valence-corrected chi connectivity index (χ1v) is 6.95. The fourth-order valence-electron chi connectivity index (χ4n) is 1.98. The number of methoxy groups -OCH3 is 1. The quantitative estimate of drug-likeness (QED) is 0.784. The maximum absolute atomic E-state index is 11.3. The molecule has 3 aromatic rings. The number of aromatic nitrogens is 2. The fourth-order valence-corrected chi connectivity index (χ4v) is 2.90. The zero-order valence-corrected chi connectivity index (χ0v) is 12.0. The number of carboxylic acids is 1. The van der Waals surface area contributed by atoms with Crippen LogP contribution in [0.5, 0.6) is 11.5 Å². The number of ether oxygens (including phenoxy) is 2. The molecule has 0 amide bonds. The van der Waals surface area contributed by atoms with Gasteiger partial charge in [0.1, 0.15) is 23.0 Å². The molecule has 0 unspecified atom stereocenters. The van der Waals surface area contributed by atoms with Gasteiger partial charge in [-0.15, -0.1) is 0 Å². The van der Waals surface area contributed by atoms with Gasteiger partial charge in [-0.2, -0.15) is 0 Å². The minimum absolute atomic E-state index is 0.144. The van der Waals surface area contributed by atoms with Crippen molar-refractivity contribution in [3.05, 3.63) is 47.2 Å². The van der Waals surface area contributed by atoms with Crippen molar-refractivity contribution in [1.29, 1.82) is 0 Å². The van der Waals surface area contributed by atoms with Crippen LogP contribution in [0.15, 0.2) is 36.7 Å². The van der Waals surface area contributed by atoms with Crippen LogP contribution in [0.1, 0.15) is 15.4 Å². The van der Waals surface area contributed by atoms with E-state index < -0.39 is 5.97 Å². The number of benzene rings is 1. The number of carbonyl (C=O) groups is 1. The number of thiazole rings is 1. The lowest BCUT2D eigenvalue weighted by Gasteiger charge is -2.08. The maximum atomic E-state index is 11.3. The van der Waals surface area contributed by atoms with E-state index in [-0.39, 0.29) is 11.5 Å². The van der Waals surface area contributed by atoms with Crippen molar-refractivity contribution < 1.29 is 19.4 Å². The lowest BCUT2D eigenvalue weighted by Crippen LogP contribution is -2.05. The normalized spacial score (nSPS) is 10.7. The second kappa shape index (κ2) is 5.45. The van der Waals surface area contributed by atoms with E-state index in [0.29, 0.717) is 22.2 Å². The highest BCUT2D eigenvalue weighted by atomic mass is 32.1. The minimum Gasteiger partial charge on any atom is -0.497 e. The largest absolute Gasteiger partial charge is 0.497 e. The number of hydrogen-bond acceptors (Lipinski definition) is 5. The minimum atomic E-state index is -0.977. The van der Waals surface area contributed by atoms with Gasteiger partial charge in [0.15, 0.2) is 4.96 Å². The Morgan fingerprint density at radius 3 is 3.00 bits per heavy atom. The number of rotatable bonds is 5. The third kappa shape index (κ3) is 2.55. The molecular weight excluding hydrogens is 292 g/mol. The van der Waals surface area contributed by atoms with Crippen molar-refractivity contribution >= 4 is 22.3 Å². The molecule has 0 bridgehead atoms. The molecule has 0 aliphatic rings. The molecule has 1 N–H and O–H groups in total. The second-order valence-electron chi connectivity index (χ2n) is 4.23. The van der Waals surface area contributed by atoms with Crippen LogP contribution in [0.3, 0.4) is 0 Å². The summed E-state index contributed by atoms with van der Waals surface area (Å²) < 4.78 is 12.5. The van der Waals surface area contributed by atoms with Crippen LogP contribution in [-0.4, -0.2) is 27.6 Å². The van der Waals surface area contributed by atoms with E-state index in [1.807, 2.05) is 12.1 Å². The molecule has 1 aromatic carbocycles. The first kappa shape index (κ1) is 13.4. The van der Waals surface area contributed by atoms with Gasteiger partial charge in [0.25, 0.3) is 0 Å². The van der Waals surface area contributed by atoms with Gasteiger partial charge < -0.3 is 14.6 Å². The predicted molar refractivity (Wildman–Crippen MR) is 77.4 cm³/mol. The molecule has 2 aromatic heterocycles. The SMILES string of the molecule is COc1cccc(OCc2c(C(=O)O)sc3nccn23)c1. The smallest absolute Gasteiger partial charge is 0.347 e. The molecule has 108 valence electrons. The molecule has 0 saturated heterocycles. The van der Waals surface area contributed by atoms with E-state index in [0.717, 1.165) is 11.3 Å². The standard InChI is InChI=1S/C14H12N2O4S/c1-19-9-3-2-4-10(7-9)20-8-11-12(13(17)18)21-14-15-5-6-16(11)14/h2-7H,8H2,1H3,(H,17,18). The number of nitrogens with zero attached hydrogens (tertiary/aromatic N) is 2. The van der Waals surface area contributed by atoms with E-state index in [4.69, 9.17) is 9.47 Å². The summed E-state index contributed by atoms with van der Waals surface area (Å²) in [5.41, 5.74) is 0.572. The van der Waals surface area contributed by atoms with Crippen LogP contribution in [0.4, 0.5) is 0 Å². The van der Waals surface area contributed by atoms with Crippen LogP contribution >= 0.6 is 11.3 Å². The molecule has 0 saturated carbocycles. The lowest BCUT2D eigenvalue weighted by atomic mass is 10.3. The van der Waals surface area contributed by atoms with Crippen LogP contribution in [-0.2, 0) is 6.61 Å². The maximum Gasteiger partial charge on any atom is 0.347 e. The highest BCUT2D eigenvalue weighted by Crippen LogP contribution is 2.25. The van der Waals surface area contributed by atoms with E-state index >= 15 is 0 Å². The van der Waals surface area contributed by atoms with Crippen LogP contribution in [0.25, 0.3) is 4.96 Å². The summed E-state index contributed by atoms with van der Waals surface area (Å²) in [4.78, 5) is 16.3. The Bertz CT molecular complexity index is 793. The number of fused-ring (bicyclic) bond motifs is 1. The van der Waals surface area contributed by atoms with E-state index in [9.17, 15) is 9.90 Å². The number of carboxylic acid groups (broad SMARTS) is 1. The van der Waals surface area contributed by atoms with Crippen LogP contribution in [0, 0.1) is 0 Å². The molecule has 21 heavy (non-hydrogen) atoms. The number of imidazole rings is 1. The summed E-state index contributed by atoms with van der Waals surface area (Å²) in [6, 6.07) is 7.17. The average molecular weight is 304 g/mol. The zero-order chi connectivity index (χ0) is 14.8. The van der Waals surface area contributed by atoms with E-state index in [2.05, 4.69) is 4.98 Å². The Balaban J connectivity index is 1.88. The van der Waals surface area contributed by atoms with Crippen molar-refractivity contribution in [3.8, 4) is 11.5 Å². The van der Waals surface area contributed by atoms with Gasteiger partial charge in [0, 0.05) is 18.5 Å². The first-order valence-electron chi connectivity index (χ1n) is 6.14. The summed E-state index contributed by atoms with van der Waals surface area (Å²) in [5.74, 6) is 0.323. The first-order chi connectivity index (χ1) is 10.2. The van der Waals surface area contributed by atoms with Gasteiger partial charge in [-0.05, 0) is 12.1 Å². The molecule has 0 aliphatic carbocycles. The molecule has 0 aliphatic heterocycles. The van der Waals surface area contributed by atoms with Crippen molar-refractivity contribution in [1.82, 2.24) is 9.38 Å².